The average molecular weight is 424 g/mol. The third kappa shape index (κ3) is 5.70. The molecule has 0 fully saturated rings. The van der Waals surface area contributed by atoms with Crippen molar-refractivity contribution < 1.29 is 9.59 Å². The summed E-state index contributed by atoms with van der Waals surface area (Å²) in [4.78, 5) is 24.6. The summed E-state index contributed by atoms with van der Waals surface area (Å²) in [6, 6.07) is 15.0. The highest BCUT2D eigenvalue weighted by Gasteiger charge is 2.14. The predicted octanol–water partition coefficient (Wildman–Crippen LogP) is 3.58. The van der Waals surface area contributed by atoms with Crippen molar-refractivity contribution in [3.8, 4) is 0 Å². The Hall–Kier alpha value is -3.13. The van der Waals surface area contributed by atoms with Crippen LogP contribution >= 0.6 is 11.8 Å². The van der Waals surface area contributed by atoms with Gasteiger partial charge < -0.3 is 15.2 Å². The van der Waals surface area contributed by atoms with Crippen LogP contribution in [0.3, 0.4) is 0 Å². The molecule has 2 N–H and O–H groups in total. The van der Waals surface area contributed by atoms with Crippen LogP contribution in [-0.4, -0.2) is 32.3 Å². The molecule has 0 saturated heterocycles. The van der Waals surface area contributed by atoms with Gasteiger partial charge in [0.15, 0.2) is 11.0 Å². The fraction of sp³-hybridized carbons (Fsp3) is 0.273. The smallest absolute Gasteiger partial charge is 0.251 e. The van der Waals surface area contributed by atoms with Crippen molar-refractivity contribution >= 4 is 29.3 Å². The van der Waals surface area contributed by atoms with Crippen molar-refractivity contribution in [1.82, 2.24) is 20.1 Å². The minimum atomic E-state index is -0.164. The number of hydrogen-bond donors (Lipinski definition) is 2. The van der Waals surface area contributed by atoms with Crippen molar-refractivity contribution in [3.05, 3.63) is 71.0 Å². The van der Waals surface area contributed by atoms with Crippen LogP contribution < -0.4 is 10.6 Å². The second-order valence-electron chi connectivity index (χ2n) is 6.91. The number of thioether (sulfide) groups is 1. The fourth-order valence-corrected chi connectivity index (χ4v) is 3.92. The summed E-state index contributed by atoms with van der Waals surface area (Å²) in [6.45, 7) is 6.89. The molecule has 2 aromatic carbocycles. The number of amides is 2. The van der Waals surface area contributed by atoms with Gasteiger partial charge in [-0.25, -0.2) is 0 Å². The van der Waals surface area contributed by atoms with E-state index in [9.17, 15) is 9.59 Å². The fourth-order valence-electron chi connectivity index (χ4n) is 3.10. The van der Waals surface area contributed by atoms with Gasteiger partial charge in [0, 0.05) is 17.8 Å². The first kappa shape index (κ1) is 21.6. The molecule has 0 aliphatic rings. The standard InChI is InChI=1S/C22H25N5O2S/c1-4-27-19(13-23-21(29)17-8-6-5-7-9-17)25-26-22(27)30-14-20(28)24-18-11-15(2)10-16(3)12-18/h5-12H,4,13-14H2,1-3H3,(H,23,29)(H,24,28). The van der Waals surface area contributed by atoms with Gasteiger partial charge >= 0.3 is 0 Å². The normalized spacial score (nSPS) is 10.6. The maximum absolute atomic E-state index is 12.3. The zero-order valence-electron chi connectivity index (χ0n) is 17.3. The number of carbonyl (C=O) groups excluding carboxylic acids is 2. The van der Waals surface area contributed by atoms with Crippen LogP contribution in [0.25, 0.3) is 0 Å². The maximum Gasteiger partial charge on any atom is 0.251 e. The van der Waals surface area contributed by atoms with E-state index in [2.05, 4.69) is 26.9 Å². The number of rotatable bonds is 8. The summed E-state index contributed by atoms with van der Waals surface area (Å²) in [5.41, 5.74) is 3.59. The van der Waals surface area contributed by atoms with Gasteiger partial charge in [0.05, 0.1) is 12.3 Å². The predicted molar refractivity (Wildman–Crippen MR) is 119 cm³/mol. The topological polar surface area (TPSA) is 88.9 Å². The van der Waals surface area contributed by atoms with Crippen LogP contribution in [0.4, 0.5) is 5.69 Å². The van der Waals surface area contributed by atoms with E-state index in [1.54, 1.807) is 12.1 Å². The van der Waals surface area contributed by atoms with Gasteiger partial charge in [-0.15, -0.1) is 10.2 Å². The summed E-state index contributed by atoms with van der Waals surface area (Å²) in [5, 5.41) is 14.8. The van der Waals surface area contributed by atoms with Gasteiger partial charge in [-0.2, -0.15) is 0 Å². The molecule has 7 nitrogen and oxygen atoms in total. The zero-order valence-corrected chi connectivity index (χ0v) is 18.1. The Bertz CT molecular complexity index is 1010. The van der Waals surface area contributed by atoms with Gasteiger partial charge in [-0.05, 0) is 56.2 Å². The Balaban J connectivity index is 1.57. The van der Waals surface area contributed by atoms with Crippen LogP contribution in [0.15, 0.2) is 53.7 Å². The lowest BCUT2D eigenvalue weighted by atomic mass is 10.1. The Morgan fingerprint density at radius 3 is 2.40 bits per heavy atom. The molecule has 3 rings (SSSR count). The highest BCUT2D eigenvalue weighted by Crippen LogP contribution is 2.19. The van der Waals surface area contributed by atoms with Crippen LogP contribution in [0, 0.1) is 13.8 Å². The number of aryl methyl sites for hydroxylation is 2. The van der Waals surface area contributed by atoms with E-state index in [0.29, 0.717) is 23.1 Å². The van der Waals surface area contributed by atoms with E-state index in [0.717, 1.165) is 16.8 Å². The average Bonchev–Trinajstić information content (AvgIpc) is 3.12. The summed E-state index contributed by atoms with van der Waals surface area (Å²) >= 11 is 1.32. The second kappa shape index (κ2) is 10.1. The van der Waals surface area contributed by atoms with Crippen molar-refractivity contribution in [2.45, 2.75) is 39.0 Å². The lowest BCUT2D eigenvalue weighted by molar-refractivity contribution is -0.113. The van der Waals surface area contributed by atoms with Crippen molar-refractivity contribution in [2.75, 3.05) is 11.1 Å². The summed E-state index contributed by atoms with van der Waals surface area (Å²) in [5.74, 6) is 0.610. The molecule has 0 unspecified atom stereocenters. The largest absolute Gasteiger partial charge is 0.345 e. The summed E-state index contributed by atoms with van der Waals surface area (Å²) in [6.07, 6.45) is 0. The lowest BCUT2D eigenvalue weighted by Crippen LogP contribution is -2.24. The molecule has 0 spiro atoms. The molecule has 0 aliphatic heterocycles. The SMILES string of the molecule is CCn1c(CNC(=O)c2ccccc2)nnc1SCC(=O)Nc1cc(C)cc(C)c1. The van der Waals surface area contributed by atoms with E-state index in [-0.39, 0.29) is 24.1 Å². The van der Waals surface area contributed by atoms with Gasteiger partial charge in [0.2, 0.25) is 5.91 Å². The molecular weight excluding hydrogens is 398 g/mol. The maximum atomic E-state index is 12.3. The van der Waals surface area contributed by atoms with Gasteiger partial charge in [0.25, 0.3) is 5.91 Å². The second-order valence-corrected chi connectivity index (χ2v) is 7.85. The Labute approximate surface area is 180 Å². The molecule has 0 atom stereocenters. The third-order valence-corrected chi connectivity index (χ3v) is 5.36. The van der Waals surface area contributed by atoms with E-state index in [4.69, 9.17) is 0 Å². The van der Waals surface area contributed by atoms with Crippen molar-refractivity contribution in [1.29, 1.82) is 0 Å². The Kier molecular flexibility index (Phi) is 7.24. The minimum absolute atomic E-state index is 0.102. The van der Waals surface area contributed by atoms with Crippen LogP contribution in [0.1, 0.15) is 34.2 Å². The van der Waals surface area contributed by atoms with Gasteiger partial charge in [0.1, 0.15) is 0 Å². The van der Waals surface area contributed by atoms with Crippen LogP contribution in [0.5, 0.6) is 0 Å². The van der Waals surface area contributed by atoms with E-state index >= 15 is 0 Å². The first-order valence-corrected chi connectivity index (χ1v) is 10.7. The molecule has 0 bridgehead atoms. The van der Waals surface area contributed by atoms with Crippen molar-refractivity contribution in [3.63, 3.8) is 0 Å². The molecule has 30 heavy (non-hydrogen) atoms. The first-order chi connectivity index (χ1) is 14.5. The highest BCUT2D eigenvalue weighted by molar-refractivity contribution is 7.99. The highest BCUT2D eigenvalue weighted by atomic mass is 32.2. The first-order valence-electron chi connectivity index (χ1n) is 9.72. The van der Waals surface area contributed by atoms with E-state index in [1.165, 1.54) is 11.8 Å². The molecule has 1 heterocycles. The summed E-state index contributed by atoms with van der Waals surface area (Å²) in [7, 11) is 0. The molecule has 2 amide bonds. The molecule has 0 aliphatic carbocycles. The monoisotopic (exact) mass is 423 g/mol. The third-order valence-electron chi connectivity index (χ3n) is 4.39. The van der Waals surface area contributed by atoms with Crippen molar-refractivity contribution in [2.24, 2.45) is 0 Å². The summed E-state index contributed by atoms with van der Waals surface area (Å²) < 4.78 is 1.90. The quantitative estimate of drug-likeness (QED) is 0.541. The molecule has 156 valence electrons. The number of aromatic nitrogens is 3. The number of benzene rings is 2. The van der Waals surface area contributed by atoms with E-state index < -0.39 is 0 Å². The molecule has 0 radical (unpaired) electrons. The number of carbonyl (C=O) groups is 2. The Morgan fingerprint density at radius 2 is 1.73 bits per heavy atom. The molecule has 3 aromatic rings. The van der Waals surface area contributed by atoms with Gasteiger partial charge in [-0.1, -0.05) is 36.0 Å². The molecule has 8 heteroatoms. The Morgan fingerprint density at radius 1 is 1.03 bits per heavy atom. The number of nitrogens with one attached hydrogen (secondary N) is 2. The molecule has 0 saturated carbocycles. The zero-order chi connectivity index (χ0) is 21.5. The number of hydrogen-bond acceptors (Lipinski definition) is 5. The molecule has 1 aromatic heterocycles. The molecular formula is C22H25N5O2S. The van der Waals surface area contributed by atoms with Gasteiger partial charge in [-0.3, -0.25) is 9.59 Å². The van der Waals surface area contributed by atoms with Crippen LogP contribution in [0.2, 0.25) is 0 Å². The van der Waals surface area contributed by atoms with Crippen LogP contribution in [-0.2, 0) is 17.9 Å². The number of anilines is 1. The minimum Gasteiger partial charge on any atom is -0.345 e. The number of nitrogens with zero attached hydrogens (tertiary/aromatic N) is 3. The van der Waals surface area contributed by atoms with E-state index in [1.807, 2.05) is 55.7 Å². The lowest BCUT2D eigenvalue weighted by Gasteiger charge is -2.09.